The number of anilines is 2. The van der Waals surface area contributed by atoms with Crippen molar-refractivity contribution in [3.8, 4) is 0 Å². The van der Waals surface area contributed by atoms with Crippen LogP contribution in [0.15, 0.2) is 0 Å². The van der Waals surface area contributed by atoms with Crippen molar-refractivity contribution in [2.24, 2.45) is 5.41 Å². The number of hydrogen-bond donors (Lipinski definition) is 1. The molecule has 0 bridgehead atoms. The quantitative estimate of drug-likeness (QED) is 0.722. The molecule has 0 radical (unpaired) electrons. The number of hydrogen-bond acceptors (Lipinski definition) is 4. The van der Waals surface area contributed by atoms with Gasteiger partial charge in [-0.1, -0.05) is 45.2 Å². The molecule has 0 aliphatic carbocycles. The average molecular weight is 313 g/mol. The van der Waals surface area contributed by atoms with Crippen LogP contribution in [0.4, 0.5) is 11.4 Å². The summed E-state index contributed by atoms with van der Waals surface area (Å²) in [6.07, 6.45) is 2.38. The van der Waals surface area contributed by atoms with Gasteiger partial charge in [0.05, 0.1) is 20.4 Å². The van der Waals surface area contributed by atoms with Crippen LogP contribution in [0.3, 0.4) is 0 Å². The zero-order chi connectivity index (χ0) is 15.7. The van der Waals surface area contributed by atoms with Crippen LogP contribution in [-0.4, -0.2) is 19.1 Å². The topological polar surface area (TPSA) is 15.3 Å². The van der Waals surface area contributed by atoms with Gasteiger partial charge in [-0.25, -0.2) is 0 Å². The van der Waals surface area contributed by atoms with Crippen molar-refractivity contribution in [3.05, 3.63) is 9.02 Å². The van der Waals surface area contributed by atoms with Crippen LogP contribution in [0.5, 0.6) is 0 Å². The predicted octanol–water partition coefficient (Wildman–Crippen LogP) is 5.49. The molecule has 0 saturated heterocycles. The van der Waals surface area contributed by atoms with Crippen molar-refractivity contribution in [1.29, 1.82) is 0 Å². The average Bonchev–Trinajstić information content (AvgIpc) is 2.24. The van der Waals surface area contributed by atoms with Crippen molar-refractivity contribution in [1.82, 2.24) is 0 Å². The summed E-state index contributed by atoms with van der Waals surface area (Å²) in [5.41, 5.74) is 2.56. The smallest absolute Gasteiger partial charge is 0.0834 e. The summed E-state index contributed by atoms with van der Waals surface area (Å²) in [4.78, 5) is 2.25. The van der Waals surface area contributed by atoms with Gasteiger partial charge in [-0.05, 0) is 39.0 Å². The Kier molecular flexibility index (Phi) is 5.36. The zero-order valence-electron chi connectivity index (χ0n) is 13.9. The first kappa shape index (κ1) is 17.6. The van der Waals surface area contributed by atoms with Crippen LogP contribution >= 0.6 is 24.4 Å². The van der Waals surface area contributed by atoms with E-state index in [-0.39, 0.29) is 5.54 Å². The van der Waals surface area contributed by atoms with Gasteiger partial charge in [-0.3, -0.25) is 0 Å². The molecule has 0 heterocycles. The monoisotopic (exact) mass is 312 g/mol. The van der Waals surface area contributed by atoms with Crippen LogP contribution in [0.1, 0.15) is 54.4 Å². The van der Waals surface area contributed by atoms with Crippen LogP contribution in [0.25, 0.3) is 0 Å². The van der Waals surface area contributed by atoms with Crippen molar-refractivity contribution in [2.75, 3.05) is 23.8 Å². The minimum absolute atomic E-state index is 0.00687. The van der Waals surface area contributed by atoms with E-state index in [1.807, 2.05) is 0 Å². The second-order valence-electron chi connectivity index (χ2n) is 7.84. The van der Waals surface area contributed by atoms with Gasteiger partial charge in [-0.15, -0.1) is 0 Å². The third-order valence-electron chi connectivity index (χ3n) is 3.19. The third kappa shape index (κ3) is 4.81. The van der Waals surface area contributed by atoms with Crippen molar-refractivity contribution in [2.45, 2.75) is 59.9 Å². The van der Waals surface area contributed by atoms with Gasteiger partial charge in [-0.2, -0.15) is 0 Å². The Bertz CT molecular complexity index is 526. The van der Waals surface area contributed by atoms with Crippen LogP contribution < -0.4 is 10.2 Å². The van der Waals surface area contributed by atoms with Gasteiger partial charge in [0.1, 0.15) is 0 Å². The molecule has 0 amide bonds. The molecule has 0 fully saturated rings. The molecule has 0 spiro atoms. The number of rotatable bonds is 5. The Hall–Kier alpha value is -0.480. The second-order valence-corrected chi connectivity index (χ2v) is 8.66. The largest absolute Gasteiger partial charge is 0.378 e. The van der Waals surface area contributed by atoms with E-state index in [2.05, 4.69) is 58.8 Å². The Morgan fingerprint density at radius 2 is 1.55 bits per heavy atom. The molecule has 0 aromatic heterocycles. The van der Waals surface area contributed by atoms with Gasteiger partial charge in [0.15, 0.2) is 0 Å². The highest BCUT2D eigenvalue weighted by atomic mass is 32.1. The molecule has 4 heteroatoms. The van der Waals surface area contributed by atoms with Crippen molar-refractivity contribution in [3.63, 3.8) is 0 Å². The molecule has 114 valence electrons. The fraction of sp³-hybridized carbons (Fsp3) is 0.750. The summed E-state index contributed by atoms with van der Waals surface area (Å²) in [5.74, 6) is 0. The molecule has 0 aliphatic heterocycles. The van der Waals surface area contributed by atoms with Crippen LogP contribution in [-0.2, 0) is 0 Å². The Morgan fingerprint density at radius 3 is 2.00 bits per heavy atom. The molecule has 0 atom stereocenters. The van der Waals surface area contributed by atoms with E-state index in [0.717, 1.165) is 26.9 Å². The van der Waals surface area contributed by atoms with E-state index in [4.69, 9.17) is 24.4 Å². The lowest BCUT2D eigenvalue weighted by molar-refractivity contribution is 0.367. The van der Waals surface area contributed by atoms with E-state index < -0.39 is 0 Å². The molecule has 0 unspecified atom stereocenters. The first-order valence-electron chi connectivity index (χ1n) is 7.25. The first-order valence-corrected chi connectivity index (χ1v) is 8.07. The maximum Gasteiger partial charge on any atom is 0.0834 e. The first-order chi connectivity index (χ1) is 8.92. The predicted molar refractivity (Wildman–Crippen MR) is 95.8 cm³/mol. The highest BCUT2D eigenvalue weighted by molar-refractivity contribution is 7.74. The van der Waals surface area contributed by atoms with Gasteiger partial charge in [0, 0.05) is 19.1 Å². The zero-order valence-corrected chi connectivity index (χ0v) is 15.5. The lowest BCUT2D eigenvalue weighted by atomic mass is 9.90. The summed E-state index contributed by atoms with van der Waals surface area (Å²) < 4.78 is 1.65. The molecule has 1 rings (SSSR count). The molecule has 1 N–H and O–H groups in total. The van der Waals surface area contributed by atoms with Gasteiger partial charge in [0.2, 0.25) is 0 Å². The molecule has 20 heavy (non-hydrogen) atoms. The molecule has 0 saturated carbocycles. The molecule has 1 aromatic carbocycles. The normalized spacial score (nSPS) is 12.8. The lowest BCUT2D eigenvalue weighted by Crippen LogP contribution is -2.30. The molecule has 2 nitrogen and oxygen atoms in total. The third-order valence-corrected chi connectivity index (χ3v) is 4.12. The van der Waals surface area contributed by atoms with Crippen molar-refractivity contribution < 1.29 is 0 Å². The Labute approximate surface area is 134 Å². The van der Waals surface area contributed by atoms with E-state index in [1.165, 1.54) is 12.8 Å². The van der Waals surface area contributed by atoms with Crippen molar-refractivity contribution >= 4 is 35.8 Å². The minimum atomic E-state index is 0.00687. The second kappa shape index (κ2) is 6.10. The fourth-order valence-electron chi connectivity index (χ4n) is 2.19. The summed E-state index contributed by atoms with van der Waals surface area (Å²) in [7, 11) is 2.11. The standard InChI is InChI=1S/C16H28N2S2/c1-15(2,3)9-8-10-18(7)12-11(13(19)14(12)20)17-16(4,5)6/h17H,8-10H2,1-7H3. The number of nitrogens with one attached hydrogen (secondary N) is 1. The van der Waals surface area contributed by atoms with Gasteiger partial charge in [0.25, 0.3) is 0 Å². The highest BCUT2D eigenvalue weighted by Gasteiger charge is 2.22. The lowest BCUT2D eigenvalue weighted by Gasteiger charge is -2.31. The van der Waals surface area contributed by atoms with Gasteiger partial charge < -0.3 is 10.2 Å². The summed E-state index contributed by atoms with van der Waals surface area (Å²) in [6.45, 7) is 14.3. The summed E-state index contributed by atoms with van der Waals surface area (Å²) >= 11 is 10.8. The van der Waals surface area contributed by atoms with Crippen LogP contribution in [0, 0.1) is 14.4 Å². The molecule has 1 aromatic rings. The van der Waals surface area contributed by atoms with E-state index >= 15 is 0 Å². The number of nitrogens with zero attached hydrogens (tertiary/aromatic N) is 1. The maximum atomic E-state index is 5.41. The van der Waals surface area contributed by atoms with E-state index in [1.54, 1.807) is 0 Å². The fourth-order valence-corrected chi connectivity index (χ4v) is 2.80. The minimum Gasteiger partial charge on any atom is -0.378 e. The maximum absolute atomic E-state index is 5.41. The van der Waals surface area contributed by atoms with E-state index in [9.17, 15) is 0 Å². The summed E-state index contributed by atoms with van der Waals surface area (Å²) in [5, 5.41) is 3.48. The summed E-state index contributed by atoms with van der Waals surface area (Å²) in [6, 6.07) is 0. The molecular weight excluding hydrogens is 284 g/mol. The SMILES string of the molecule is CN(CCCC(C)(C)C)c1c(NC(C)(C)C)c(=S)c1=S. The Morgan fingerprint density at radius 1 is 1.00 bits per heavy atom. The molecule has 0 aliphatic rings. The Balaban J connectivity index is 2.74. The van der Waals surface area contributed by atoms with Crippen LogP contribution in [0.2, 0.25) is 0 Å². The van der Waals surface area contributed by atoms with Gasteiger partial charge >= 0.3 is 0 Å². The van der Waals surface area contributed by atoms with E-state index in [0.29, 0.717) is 5.41 Å². The molecular formula is C16H28N2S2. The highest BCUT2D eigenvalue weighted by Crippen LogP contribution is 2.37.